The highest BCUT2D eigenvalue weighted by Gasteiger charge is 2.34. The summed E-state index contributed by atoms with van der Waals surface area (Å²) >= 11 is 5.88. The molecule has 3 aromatic carbocycles. The number of halogens is 4. The van der Waals surface area contributed by atoms with E-state index < -0.39 is 30.2 Å². The number of alkyl halides is 3. The predicted molar refractivity (Wildman–Crippen MR) is 133 cm³/mol. The molecule has 1 atom stereocenters. The van der Waals surface area contributed by atoms with Gasteiger partial charge in [-0.2, -0.15) is 18.3 Å². The van der Waals surface area contributed by atoms with Gasteiger partial charge in [0.25, 0.3) is 5.91 Å². The monoisotopic (exact) mass is 528 g/mol. The average molecular weight is 529 g/mol. The molecule has 1 aliphatic rings. The Hall–Kier alpha value is -4.18. The number of aliphatic imine (C=N–C) groups is 1. The Kier molecular flexibility index (Phi) is 7.58. The second-order valence-corrected chi connectivity index (χ2v) is 8.54. The number of guanidine groups is 1. The van der Waals surface area contributed by atoms with Crippen LogP contribution in [0.2, 0.25) is 5.02 Å². The quantitative estimate of drug-likeness (QED) is 0.359. The van der Waals surface area contributed by atoms with Crippen LogP contribution in [0.3, 0.4) is 0 Å². The number of carboxylic acids is 1. The fourth-order valence-corrected chi connectivity index (χ4v) is 3.90. The van der Waals surface area contributed by atoms with Crippen LogP contribution in [0, 0.1) is 0 Å². The van der Waals surface area contributed by atoms with Gasteiger partial charge < -0.3 is 5.11 Å². The molecule has 1 unspecified atom stereocenters. The van der Waals surface area contributed by atoms with E-state index in [0.717, 1.165) is 17.7 Å². The Morgan fingerprint density at radius 1 is 1.03 bits per heavy atom. The third kappa shape index (κ3) is 6.34. The second kappa shape index (κ2) is 10.8. The largest absolute Gasteiger partial charge is 0.480 e. The maximum atomic E-state index is 13.1. The number of hydrogen-bond acceptors (Lipinski definition) is 4. The van der Waals surface area contributed by atoms with Gasteiger partial charge in [-0.25, -0.2) is 10.0 Å². The normalized spacial score (nSPS) is 15.9. The molecule has 0 radical (unpaired) electrons. The number of aliphatic carboxylic acids is 1. The van der Waals surface area contributed by atoms with Gasteiger partial charge in [-0.05, 0) is 47.5 Å². The lowest BCUT2D eigenvalue weighted by molar-refractivity contribution is -0.137. The van der Waals surface area contributed by atoms with Crippen molar-refractivity contribution < 1.29 is 27.9 Å². The molecular formula is C26H20ClF3N4O3. The number of benzene rings is 3. The summed E-state index contributed by atoms with van der Waals surface area (Å²) in [7, 11) is 0. The summed E-state index contributed by atoms with van der Waals surface area (Å²) < 4.78 is 39.3. The molecule has 0 fully saturated rings. The van der Waals surface area contributed by atoms with E-state index in [0.29, 0.717) is 16.3 Å². The van der Waals surface area contributed by atoms with Crippen molar-refractivity contribution in [1.82, 2.24) is 10.3 Å². The van der Waals surface area contributed by atoms with Gasteiger partial charge >= 0.3 is 12.1 Å². The molecule has 1 aliphatic heterocycles. The number of carbonyl (C=O) groups excluding carboxylic acids is 1. The maximum absolute atomic E-state index is 13.1. The minimum Gasteiger partial charge on any atom is -0.480 e. The SMILES string of the molecule is O=C(O)CN=C(NC(=O)c1ccc(Cl)cc1)N1CC(c2ccccc2)C(c2ccc(C(F)(F)F)cc2)=N1. The van der Waals surface area contributed by atoms with Crippen molar-refractivity contribution >= 4 is 35.1 Å². The van der Waals surface area contributed by atoms with Gasteiger partial charge in [-0.1, -0.05) is 54.1 Å². The van der Waals surface area contributed by atoms with Gasteiger partial charge in [0.05, 0.1) is 17.8 Å². The number of hydrazone groups is 1. The van der Waals surface area contributed by atoms with Crippen LogP contribution in [-0.2, 0) is 11.0 Å². The molecule has 1 heterocycles. The highest BCUT2D eigenvalue weighted by Crippen LogP contribution is 2.32. The Balaban J connectivity index is 1.70. The zero-order valence-electron chi connectivity index (χ0n) is 19.1. The van der Waals surface area contributed by atoms with Crippen LogP contribution in [0.5, 0.6) is 0 Å². The van der Waals surface area contributed by atoms with E-state index in [2.05, 4.69) is 15.4 Å². The molecule has 3 aromatic rings. The minimum absolute atomic E-state index is 0.106. The van der Waals surface area contributed by atoms with Crippen LogP contribution < -0.4 is 5.32 Å². The number of nitrogens with one attached hydrogen (secondary N) is 1. The smallest absolute Gasteiger partial charge is 0.416 e. The van der Waals surface area contributed by atoms with Gasteiger partial charge in [-0.3, -0.25) is 14.9 Å². The summed E-state index contributed by atoms with van der Waals surface area (Å²) in [5, 5.41) is 18.1. The van der Waals surface area contributed by atoms with Crippen molar-refractivity contribution in [2.45, 2.75) is 12.1 Å². The van der Waals surface area contributed by atoms with E-state index in [-0.39, 0.29) is 24.0 Å². The minimum atomic E-state index is -4.48. The number of nitrogens with zero attached hydrogens (tertiary/aromatic N) is 3. The zero-order chi connectivity index (χ0) is 26.6. The first-order chi connectivity index (χ1) is 17.6. The molecule has 37 heavy (non-hydrogen) atoms. The van der Waals surface area contributed by atoms with E-state index in [4.69, 9.17) is 16.7 Å². The lowest BCUT2D eigenvalue weighted by Crippen LogP contribution is -2.41. The molecule has 0 aromatic heterocycles. The van der Waals surface area contributed by atoms with E-state index in [1.165, 1.54) is 41.4 Å². The lowest BCUT2D eigenvalue weighted by Gasteiger charge is -2.19. The predicted octanol–water partition coefficient (Wildman–Crippen LogP) is 5.03. The number of carbonyl (C=O) groups is 2. The molecule has 7 nitrogen and oxygen atoms in total. The molecule has 11 heteroatoms. The van der Waals surface area contributed by atoms with E-state index >= 15 is 0 Å². The van der Waals surface area contributed by atoms with Crippen molar-refractivity contribution in [3.05, 3.63) is 106 Å². The fourth-order valence-electron chi connectivity index (χ4n) is 3.77. The van der Waals surface area contributed by atoms with Crippen molar-refractivity contribution in [2.75, 3.05) is 13.1 Å². The summed E-state index contributed by atoms with van der Waals surface area (Å²) in [4.78, 5) is 28.1. The van der Waals surface area contributed by atoms with E-state index in [1.54, 1.807) is 0 Å². The molecule has 2 N–H and O–H groups in total. The van der Waals surface area contributed by atoms with Crippen LogP contribution in [0.1, 0.15) is 33.0 Å². The first kappa shape index (κ1) is 25.9. The first-order valence-electron chi connectivity index (χ1n) is 11.0. The van der Waals surface area contributed by atoms with Crippen molar-refractivity contribution in [1.29, 1.82) is 0 Å². The summed E-state index contributed by atoms with van der Waals surface area (Å²) in [5.41, 5.74) is 1.21. The molecule has 4 rings (SSSR count). The van der Waals surface area contributed by atoms with Crippen molar-refractivity contribution in [2.24, 2.45) is 10.1 Å². The molecule has 0 saturated carbocycles. The van der Waals surface area contributed by atoms with Gasteiger partial charge in [0.15, 0.2) is 0 Å². The fraction of sp³-hybridized carbons (Fsp3) is 0.154. The van der Waals surface area contributed by atoms with E-state index in [1.807, 2.05) is 30.3 Å². The molecule has 0 aliphatic carbocycles. The molecule has 0 saturated heterocycles. The number of amides is 1. The zero-order valence-corrected chi connectivity index (χ0v) is 19.9. The van der Waals surface area contributed by atoms with Crippen LogP contribution in [0.15, 0.2) is 89.0 Å². The van der Waals surface area contributed by atoms with Gasteiger partial charge in [0.2, 0.25) is 5.96 Å². The van der Waals surface area contributed by atoms with Crippen molar-refractivity contribution in [3.8, 4) is 0 Å². The Morgan fingerprint density at radius 3 is 2.27 bits per heavy atom. The van der Waals surface area contributed by atoms with Gasteiger partial charge in [0, 0.05) is 16.5 Å². The number of hydrogen-bond donors (Lipinski definition) is 2. The summed E-state index contributed by atoms with van der Waals surface area (Å²) in [6.07, 6.45) is -4.48. The van der Waals surface area contributed by atoms with Gasteiger partial charge in [-0.15, -0.1) is 0 Å². The molecule has 1 amide bonds. The average Bonchev–Trinajstić information content (AvgIpc) is 3.32. The van der Waals surface area contributed by atoms with Crippen LogP contribution in [0.4, 0.5) is 13.2 Å². The van der Waals surface area contributed by atoms with E-state index in [9.17, 15) is 22.8 Å². The topological polar surface area (TPSA) is 94.4 Å². The molecule has 0 spiro atoms. The van der Waals surface area contributed by atoms with Crippen LogP contribution in [0.25, 0.3) is 0 Å². The highest BCUT2D eigenvalue weighted by atomic mass is 35.5. The summed E-state index contributed by atoms with van der Waals surface area (Å²) in [6, 6.07) is 19.9. The highest BCUT2D eigenvalue weighted by molar-refractivity contribution is 6.30. The Bertz CT molecular complexity index is 1340. The lowest BCUT2D eigenvalue weighted by atomic mass is 9.90. The van der Waals surface area contributed by atoms with Crippen LogP contribution >= 0.6 is 11.6 Å². The molecule has 190 valence electrons. The van der Waals surface area contributed by atoms with Crippen LogP contribution in [-0.4, -0.2) is 46.8 Å². The number of carboxylic acid groups (broad SMARTS) is 1. The van der Waals surface area contributed by atoms with Crippen molar-refractivity contribution in [3.63, 3.8) is 0 Å². The molecular weight excluding hydrogens is 509 g/mol. The number of rotatable bonds is 5. The first-order valence-corrected chi connectivity index (χ1v) is 11.4. The third-order valence-electron chi connectivity index (χ3n) is 5.56. The molecule has 0 bridgehead atoms. The Labute approximate surface area is 214 Å². The summed E-state index contributed by atoms with van der Waals surface area (Å²) in [5.74, 6) is -2.27. The standard InChI is InChI=1S/C26H20ClF3N4O3/c27-20-12-8-18(9-13-20)24(37)32-25(31-14-22(35)36)34-15-21(16-4-2-1-3-5-16)23(33-34)17-6-10-19(11-7-17)26(28,29)30/h1-13,21H,14-15H2,(H,35,36)(H,31,32,37). The van der Waals surface area contributed by atoms with Gasteiger partial charge in [0.1, 0.15) is 6.54 Å². The maximum Gasteiger partial charge on any atom is 0.416 e. The third-order valence-corrected chi connectivity index (χ3v) is 5.82. The summed E-state index contributed by atoms with van der Waals surface area (Å²) in [6.45, 7) is -0.465. The Morgan fingerprint density at radius 2 is 1.68 bits per heavy atom. The second-order valence-electron chi connectivity index (χ2n) is 8.10.